The smallest absolute Gasteiger partial charge is 0.260 e. The maximum absolute atomic E-state index is 12.5. The van der Waals surface area contributed by atoms with Gasteiger partial charge in [0.2, 0.25) is 0 Å². The number of anilines is 1. The molecule has 1 heterocycles. The van der Waals surface area contributed by atoms with Gasteiger partial charge in [-0.15, -0.1) is 0 Å². The van der Waals surface area contributed by atoms with Gasteiger partial charge in [0.25, 0.3) is 5.91 Å². The molecular weight excluding hydrogens is 372 g/mol. The van der Waals surface area contributed by atoms with Crippen LogP contribution in [0.15, 0.2) is 54.6 Å². The zero-order valence-corrected chi connectivity index (χ0v) is 16.8. The Morgan fingerprint density at radius 3 is 2.50 bits per heavy atom. The average Bonchev–Trinajstić information content (AvgIpc) is 2.72. The van der Waals surface area contributed by atoms with Crippen LogP contribution in [0.5, 0.6) is 5.75 Å². The second-order valence-corrected chi connectivity index (χ2v) is 7.93. The van der Waals surface area contributed by atoms with E-state index in [1.165, 1.54) is 16.7 Å². The van der Waals surface area contributed by atoms with Crippen LogP contribution in [-0.4, -0.2) is 43.6 Å². The molecule has 1 fully saturated rings. The summed E-state index contributed by atoms with van der Waals surface area (Å²) in [7, 11) is 0. The Morgan fingerprint density at radius 2 is 1.75 bits per heavy atom. The van der Waals surface area contributed by atoms with E-state index in [4.69, 9.17) is 16.3 Å². The Hall–Kier alpha value is -2.46. The molecule has 5 heteroatoms. The predicted molar refractivity (Wildman–Crippen MR) is 113 cm³/mol. The Balaban J connectivity index is 1.28. The molecule has 2 aromatic rings. The first-order valence-corrected chi connectivity index (χ1v) is 10.2. The molecule has 1 amide bonds. The molecule has 1 aliphatic carbocycles. The van der Waals surface area contributed by atoms with Gasteiger partial charge in [0.15, 0.2) is 6.61 Å². The van der Waals surface area contributed by atoms with Crippen molar-refractivity contribution in [2.24, 2.45) is 0 Å². The lowest BCUT2D eigenvalue weighted by molar-refractivity contribution is -0.133. The number of carbonyl (C=O) groups is 1. The minimum absolute atomic E-state index is 0.0434. The molecule has 1 saturated heterocycles. The van der Waals surface area contributed by atoms with Crippen molar-refractivity contribution in [1.82, 2.24) is 4.90 Å². The van der Waals surface area contributed by atoms with Crippen LogP contribution in [0.25, 0.3) is 0 Å². The fourth-order valence-corrected chi connectivity index (χ4v) is 3.99. The topological polar surface area (TPSA) is 32.8 Å². The van der Waals surface area contributed by atoms with Crippen LogP contribution >= 0.6 is 11.6 Å². The fraction of sp³-hybridized carbons (Fsp3) is 0.348. The molecule has 0 atom stereocenters. The molecule has 4 rings (SSSR count). The number of nitrogens with zero attached hydrogens (tertiary/aromatic N) is 2. The van der Waals surface area contributed by atoms with Crippen LogP contribution in [0.1, 0.15) is 17.5 Å². The van der Waals surface area contributed by atoms with Crippen molar-refractivity contribution in [2.75, 3.05) is 37.7 Å². The molecule has 0 bridgehead atoms. The van der Waals surface area contributed by atoms with Crippen LogP contribution in [-0.2, 0) is 17.6 Å². The van der Waals surface area contributed by atoms with Crippen LogP contribution in [0, 0.1) is 0 Å². The Bertz CT molecular complexity index is 871. The van der Waals surface area contributed by atoms with Crippen molar-refractivity contribution in [3.05, 3.63) is 70.8 Å². The lowest BCUT2D eigenvalue weighted by Crippen LogP contribution is -2.50. The summed E-state index contributed by atoms with van der Waals surface area (Å²) >= 11 is 5.96. The minimum atomic E-state index is 0.0434. The molecule has 0 spiro atoms. The van der Waals surface area contributed by atoms with Crippen molar-refractivity contribution in [3.63, 3.8) is 0 Å². The molecule has 0 radical (unpaired) electrons. The standard InChI is InChI=1S/C23H25ClN2O2/c1-17-2-3-19-15-22(9-4-18(19)14-17)28-16-23(27)26-12-10-25(11-13-26)21-7-5-20(24)6-8-21/h4-9,15H,1-3,10-14,16H2. The SMILES string of the molecule is C=C1CCc2cc(OCC(=O)N3CCN(c4ccc(Cl)cc4)CC3)ccc2C1. The van der Waals surface area contributed by atoms with E-state index < -0.39 is 0 Å². The molecule has 0 N–H and O–H groups in total. The molecule has 1 aliphatic heterocycles. The number of carbonyl (C=O) groups excluding carboxylic acids is 1. The second-order valence-electron chi connectivity index (χ2n) is 7.49. The minimum Gasteiger partial charge on any atom is -0.484 e. The molecule has 28 heavy (non-hydrogen) atoms. The first-order valence-electron chi connectivity index (χ1n) is 9.78. The molecule has 146 valence electrons. The Labute approximate surface area is 171 Å². The number of hydrogen-bond acceptors (Lipinski definition) is 3. The number of benzene rings is 2. The third-order valence-corrected chi connectivity index (χ3v) is 5.80. The van der Waals surface area contributed by atoms with Crippen molar-refractivity contribution < 1.29 is 9.53 Å². The van der Waals surface area contributed by atoms with Crippen molar-refractivity contribution in [1.29, 1.82) is 0 Å². The van der Waals surface area contributed by atoms with Crippen molar-refractivity contribution in [2.45, 2.75) is 19.3 Å². The number of aryl methyl sites for hydroxylation is 1. The zero-order valence-electron chi connectivity index (χ0n) is 16.0. The lowest BCUT2D eigenvalue weighted by Gasteiger charge is -2.36. The fourth-order valence-electron chi connectivity index (χ4n) is 3.87. The van der Waals surface area contributed by atoms with Gasteiger partial charge in [0.1, 0.15) is 5.75 Å². The summed E-state index contributed by atoms with van der Waals surface area (Å²) < 4.78 is 5.80. The van der Waals surface area contributed by atoms with E-state index in [2.05, 4.69) is 23.6 Å². The number of allylic oxidation sites excluding steroid dienone is 1. The normalized spacial score (nSPS) is 16.7. The van der Waals surface area contributed by atoms with Gasteiger partial charge < -0.3 is 14.5 Å². The Kier molecular flexibility index (Phi) is 5.58. The van der Waals surface area contributed by atoms with Gasteiger partial charge in [-0.25, -0.2) is 0 Å². The zero-order chi connectivity index (χ0) is 19.5. The quantitative estimate of drug-likeness (QED) is 0.729. The average molecular weight is 397 g/mol. The van der Waals surface area contributed by atoms with Gasteiger partial charge in [-0.2, -0.15) is 0 Å². The van der Waals surface area contributed by atoms with Crippen molar-refractivity contribution >= 4 is 23.2 Å². The first-order chi connectivity index (χ1) is 13.6. The number of amides is 1. The summed E-state index contributed by atoms with van der Waals surface area (Å²) in [6.45, 7) is 7.22. The van der Waals surface area contributed by atoms with Crippen LogP contribution < -0.4 is 9.64 Å². The third kappa shape index (κ3) is 4.33. The summed E-state index contributed by atoms with van der Waals surface area (Å²) in [5.41, 5.74) is 5.07. The monoisotopic (exact) mass is 396 g/mol. The van der Waals surface area contributed by atoms with Gasteiger partial charge in [0.05, 0.1) is 0 Å². The first kappa shape index (κ1) is 18.9. The van der Waals surface area contributed by atoms with Crippen LogP contribution in [0.2, 0.25) is 5.02 Å². The van der Waals surface area contributed by atoms with E-state index in [0.29, 0.717) is 13.1 Å². The molecule has 0 saturated carbocycles. The molecule has 4 nitrogen and oxygen atoms in total. The van der Waals surface area contributed by atoms with Crippen LogP contribution in [0.3, 0.4) is 0 Å². The van der Waals surface area contributed by atoms with Gasteiger partial charge in [-0.1, -0.05) is 29.8 Å². The second kappa shape index (κ2) is 8.27. The third-order valence-electron chi connectivity index (χ3n) is 5.55. The highest BCUT2D eigenvalue weighted by Gasteiger charge is 2.22. The number of hydrogen-bond donors (Lipinski definition) is 0. The maximum atomic E-state index is 12.5. The predicted octanol–water partition coefficient (Wildman–Crippen LogP) is 4.11. The van der Waals surface area contributed by atoms with Crippen LogP contribution in [0.4, 0.5) is 5.69 Å². The molecule has 0 unspecified atom stereocenters. The number of piperazine rings is 1. The highest BCUT2D eigenvalue weighted by Crippen LogP contribution is 2.27. The van der Waals surface area contributed by atoms with E-state index in [1.807, 2.05) is 35.2 Å². The summed E-state index contributed by atoms with van der Waals surface area (Å²) in [6.07, 6.45) is 2.99. The van der Waals surface area contributed by atoms with Gasteiger partial charge in [-0.3, -0.25) is 4.79 Å². The number of ether oxygens (including phenoxy) is 1. The van der Waals surface area contributed by atoms with Gasteiger partial charge in [-0.05, 0) is 66.8 Å². The maximum Gasteiger partial charge on any atom is 0.260 e. The number of rotatable bonds is 4. The summed E-state index contributed by atoms with van der Waals surface area (Å²) in [6, 6.07) is 14.0. The van der Waals surface area contributed by atoms with E-state index in [1.54, 1.807) is 0 Å². The Morgan fingerprint density at radius 1 is 1.00 bits per heavy atom. The summed E-state index contributed by atoms with van der Waals surface area (Å²) in [5, 5.41) is 0.738. The van der Waals surface area contributed by atoms with E-state index in [-0.39, 0.29) is 12.5 Å². The highest BCUT2D eigenvalue weighted by molar-refractivity contribution is 6.30. The van der Waals surface area contributed by atoms with Gasteiger partial charge >= 0.3 is 0 Å². The van der Waals surface area contributed by atoms with E-state index in [0.717, 1.165) is 48.8 Å². The van der Waals surface area contributed by atoms with E-state index >= 15 is 0 Å². The lowest BCUT2D eigenvalue weighted by atomic mass is 9.89. The largest absolute Gasteiger partial charge is 0.484 e. The van der Waals surface area contributed by atoms with Crippen molar-refractivity contribution in [3.8, 4) is 5.75 Å². The molecule has 0 aromatic heterocycles. The summed E-state index contributed by atoms with van der Waals surface area (Å²) in [5.74, 6) is 0.821. The molecular formula is C23H25ClN2O2. The van der Waals surface area contributed by atoms with E-state index in [9.17, 15) is 4.79 Å². The number of halogens is 1. The highest BCUT2D eigenvalue weighted by atomic mass is 35.5. The number of fused-ring (bicyclic) bond motifs is 1. The molecule has 2 aromatic carbocycles. The van der Waals surface area contributed by atoms with Gasteiger partial charge in [0, 0.05) is 36.9 Å². The summed E-state index contributed by atoms with van der Waals surface area (Å²) in [4.78, 5) is 16.7. The molecule has 2 aliphatic rings.